The number of unbranched alkanes of at least 4 members (excludes halogenated alkanes) is 1. The molecule has 1 aliphatic heterocycles. The van der Waals surface area contributed by atoms with Crippen LogP contribution in [0.1, 0.15) is 65.5 Å². The molecule has 1 saturated heterocycles. The van der Waals surface area contributed by atoms with E-state index in [1.165, 1.54) is 18.2 Å². The highest BCUT2D eigenvalue weighted by Gasteiger charge is 2.35. The zero-order chi connectivity index (χ0) is 40.9. The van der Waals surface area contributed by atoms with Crippen LogP contribution >= 0.6 is 0 Å². The Balaban J connectivity index is 1.60. The second kappa shape index (κ2) is 20.3. The summed E-state index contributed by atoms with van der Waals surface area (Å²) in [5, 5.41) is 5.81. The number of anilines is 1. The number of rotatable bonds is 21. The quantitative estimate of drug-likeness (QED) is 0.0351. The van der Waals surface area contributed by atoms with Crippen molar-refractivity contribution in [3.63, 3.8) is 0 Å². The van der Waals surface area contributed by atoms with Crippen LogP contribution in [0.25, 0.3) is 0 Å². The van der Waals surface area contributed by atoms with Gasteiger partial charge in [0, 0.05) is 68.7 Å². The fourth-order valence-corrected chi connectivity index (χ4v) is 6.31. The number of halogens is 6. The van der Waals surface area contributed by atoms with Crippen LogP contribution in [0.2, 0.25) is 0 Å². The second-order valence-electron chi connectivity index (χ2n) is 13.6. The number of ether oxygens (including phenoxy) is 2. The van der Waals surface area contributed by atoms with Gasteiger partial charge in [-0.05, 0) is 92.7 Å². The first-order chi connectivity index (χ1) is 26.6. The van der Waals surface area contributed by atoms with Gasteiger partial charge in [-0.3, -0.25) is 14.6 Å². The lowest BCUT2D eigenvalue weighted by Crippen LogP contribution is -2.23. The number of hydrogen-bond donors (Lipinski definition) is 6. The highest BCUT2D eigenvalue weighted by molar-refractivity contribution is 5.85. The molecule has 0 aromatic heterocycles. The Labute approximate surface area is 321 Å². The molecule has 3 aromatic rings. The Kier molecular flexibility index (Phi) is 15.9. The lowest BCUT2D eigenvalue weighted by molar-refractivity contribution is -0.138. The zero-order valence-corrected chi connectivity index (χ0v) is 31.0. The van der Waals surface area contributed by atoms with Gasteiger partial charge >= 0.3 is 12.4 Å². The van der Waals surface area contributed by atoms with E-state index in [1.807, 2.05) is 0 Å². The maximum Gasteiger partial charge on any atom is 0.418 e. The van der Waals surface area contributed by atoms with Gasteiger partial charge in [0.2, 0.25) is 0 Å². The van der Waals surface area contributed by atoms with Gasteiger partial charge in [0.1, 0.15) is 34.9 Å². The van der Waals surface area contributed by atoms with Gasteiger partial charge in [0.15, 0.2) is 5.96 Å². The average Bonchev–Trinajstić information content (AvgIpc) is 3.64. The number of hydrogen-bond acceptors (Lipinski definition) is 9. The molecule has 17 heteroatoms. The van der Waals surface area contributed by atoms with Crippen LogP contribution in [-0.2, 0) is 47.6 Å². The second-order valence-corrected chi connectivity index (χ2v) is 13.6. The Morgan fingerprint density at radius 3 is 2.20 bits per heavy atom. The first kappa shape index (κ1) is 43.9. The summed E-state index contributed by atoms with van der Waals surface area (Å²) in [4.78, 5) is 30.5. The standard InChI is InChI=1S/C39H49F6N7O4/c40-38(41,42)28-18-26(20-29(53)5-1-2-13-52-37(48)49)36(56-32-10-14-50-23-32)27(19-28)21-30(54)17-24-6-9-35(25(16-24)4-3-11-46)55-31-7-8-34(51-15-12-47)33(22-31)39(43,44)45/h6-9,16,18-19,22,32,50-51H,1-5,10-15,17,20-21,23,46-47H2,(H4,48,49,52)/t32-/m1/s1. The van der Waals surface area contributed by atoms with E-state index in [4.69, 9.17) is 32.4 Å². The molecular weight excluding hydrogens is 744 g/mol. The molecule has 1 aliphatic rings. The number of aryl methyl sites for hydroxylation is 1. The van der Waals surface area contributed by atoms with Gasteiger partial charge < -0.3 is 43.0 Å². The van der Waals surface area contributed by atoms with Crippen LogP contribution in [-0.4, -0.2) is 62.9 Å². The number of Topliss-reactive ketones (excluding diaryl/α,β-unsaturated/α-hetero) is 2. The molecule has 1 atom stereocenters. The van der Waals surface area contributed by atoms with Crippen LogP contribution in [0, 0.1) is 0 Å². The minimum Gasteiger partial charge on any atom is -0.488 e. The Morgan fingerprint density at radius 2 is 1.57 bits per heavy atom. The van der Waals surface area contributed by atoms with Gasteiger partial charge in [-0.15, -0.1) is 0 Å². The third-order valence-corrected chi connectivity index (χ3v) is 8.96. The van der Waals surface area contributed by atoms with E-state index < -0.39 is 35.7 Å². The predicted molar refractivity (Wildman–Crippen MR) is 202 cm³/mol. The lowest BCUT2D eigenvalue weighted by atomic mass is 9.94. The van der Waals surface area contributed by atoms with E-state index in [9.17, 15) is 35.9 Å². The molecule has 10 N–H and O–H groups in total. The Hall–Kier alpha value is -4.87. The molecule has 0 radical (unpaired) electrons. The van der Waals surface area contributed by atoms with Crippen LogP contribution in [0.15, 0.2) is 53.5 Å². The number of nitrogens with two attached hydrogens (primary N) is 4. The molecule has 306 valence electrons. The van der Waals surface area contributed by atoms with Crippen molar-refractivity contribution in [2.45, 2.75) is 76.2 Å². The topological polar surface area (TPSA) is 193 Å². The van der Waals surface area contributed by atoms with Crippen molar-refractivity contribution >= 4 is 23.2 Å². The van der Waals surface area contributed by atoms with Gasteiger partial charge in [-0.25, -0.2) is 0 Å². The highest BCUT2D eigenvalue weighted by atomic mass is 19.4. The number of ketones is 2. The number of aliphatic imine (C=N–C) groups is 1. The third-order valence-electron chi connectivity index (χ3n) is 8.96. The summed E-state index contributed by atoms with van der Waals surface area (Å²) in [6.45, 7) is 1.96. The summed E-state index contributed by atoms with van der Waals surface area (Å²) >= 11 is 0. The van der Waals surface area contributed by atoms with Gasteiger partial charge in [-0.1, -0.05) is 12.1 Å². The van der Waals surface area contributed by atoms with Crippen molar-refractivity contribution in [3.05, 3.63) is 81.9 Å². The van der Waals surface area contributed by atoms with Gasteiger partial charge in [-0.2, -0.15) is 26.3 Å². The predicted octanol–water partition coefficient (Wildman–Crippen LogP) is 5.43. The fourth-order valence-electron chi connectivity index (χ4n) is 6.31. The molecule has 0 amide bonds. The van der Waals surface area contributed by atoms with E-state index >= 15 is 0 Å². The average molecular weight is 794 g/mol. The molecule has 4 rings (SSSR count). The van der Waals surface area contributed by atoms with Crippen LogP contribution < -0.4 is 43.0 Å². The maximum atomic E-state index is 14.2. The van der Waals surface area contributed by atoms with Crippen molar-refractivity contribution in [1.82, 2.24) is 5.32 Å². The summed E-state index contributed by atoms with van der Waals surface area (Å²) in [6.07, 6.45) is -8.26. The van der Waals surface area contributed by atoms with E-state index in [0.717, 1.165) is 18.2 Å². The van der Waals surface area contributed by atoms with Crippen molar-refractivity contribution in [1.29, 1.82) is 0 Å². The van der Waals surface area contributed by atoms with Gasteiger partial charge in [0.05, 0.1) is 11.1 Å². The number of carbonyl (C=O) groups excluding carboxylic acids is 2. The van der Waals surface area contributed by atoms with Crippen molar-refractivity contribution in [3.8, 4) is 17.2 Å². The molecule has 56 heavy (non-hydrogen) atoms. The number of nitrogens with zero attached hydrogens (tertiary/aromatic N) is 1. The van der Waals surface area contributed by atoms with Crippen LogP contribution in [0.4, 0.5) is 32.0 Å². The number of carbonyl (C=O) groups is 2. The minimum atomic E-state index is -4.76. The molecule has 0 unspecified atom stereocenters. The minimum absolute atomic E-state index is 0.0143. The molecular formula is C39H49F6N7O4. The summed E-state index contributed by atoms with van der Waals surface area (Å²) < 4.78 is 96.4. The van der Waals surface area contributed by atoms with E-state index in [-0.39, 0.29) is 84.3 Å². The molecule has 1 fully saturated rings. The number of benzene rings is 3. The number of alkyl halides is 6. The van der Waals surface area contributed by atoms with Crippen molar-refractivity contribution < 1.29 is 45.4 Å². The van der Waals surface area contributed by atoms with Crippen molar-refractivity contribution in [2.75, 3.05) is 44.6 Å². The summed E-state index contributed by atoms with van der Waals surface area (Å²) in [6, 6.07) is 10.1. The highest BCUT2D eigenvalue weighted by Crippen LogP contribution is 2.40. The van der Waals surface area contributed by atoms with E-state index in [0.29, 0.717) is 69.4 Å². The fraction of sp³-hybridized carbons (Fsp3) is 0.462. The van der Waals surface area contributed by atoms with E-state index in [2.05, 4.69) is 15.6 Å². The lowest BCUT2D eigenvalue weighted by Gasteiger charge is -2.22. The summed E-state index contributed by atoms with van der Waals surface area (Å²) in [7, 11) is 0. The molecule has 0 bridgehead atoms. The van der Waals surface area contributed by atoms with E-state index in [1.54, 1.807) is 12.1 Å². The summed E-state index contributed by atoms with van der Waals surface area (Å²) in [5.74, 6) is -0.531. The first-order valence-electron chi connectivity index (χ1n) is 18.4. The molecule has 1 heterocycles. The Bertz CT molecular complexity index is 1820. The Morgan fingerprint density at radius 1 is 0.839 bits per heavy atom. The molecule has 0 spiro atoms. The molecule has 11 nitrogen and oxygen atoms in total. The third kappa shape index (κ3) is 13.4. The normalized spacial score (nSPS) is 14.4. The van der Waals surface area contributed by atoms with Gasteiger partial charge in [0.25, 0.3) is 0 Å². The molecule has 0 saturated carbocycles. The smallest absolute Gasteiger partial charge is 0.418 e. The van der Waals surface area contributed by atoms with Crippen molar-refractivity contribution in [2.24, 2.45) is 27.9 Å². The number of nitrogens with one attached hydrogen (secondary N) is 2. The first-order valence-corrected chi connectivity index (χ1v) is 18.4. The molecule has 0 aliphatic carbocycles. The maximum absolute atomic E-state index is 14.2. The zero-order valence-electron chi connectivity index (χ0n) is 31.0. The van der Waals surface area contributed by atoms with Crippen LogP contribution in [0.3, 0.4) is 0 Å². The summed E-state index contributed by atoms with van der Waals surface area (Å²) in [5.41, 5.74) is 20.9. The SMILES string of the molecule is NCCCc1cc(CC(=O)Cc2cc(C(F)(F)F)cc(CC(=O)CCCCN=C(N)N)c2O[C@@H]2CCNC2)ccc1Oc1ccc(NCCN)c(C(F)(F)F)c1. The number of guanidine groups is 1. The van der Waals surface area contributed by atoms with Crippen LogP contribution in [0.5, 0.6) is 17.2 Å². The largest absolute Gasteiger partial charge is 0.488 e. The monoisotopic (exact) mass is 793 g/mol. The molecule has 3 aromatic carbocycles.